The Labute approximate surface area is 93.1 Å². The van der Waals surface area contributed by atoms with Gasteiger partial charge in [0.15, 0.2) is 11.6 Å². The molecule has 0 radical (unpaired) electrons. The standard InChI is InChI=1S/C12H15F2NO/c13-10-8(4-5-9(16)11(10)14)12(15)6-2-1-3-7-12/h4-5,16H,1-3,6-7,15H2. The fourth-order valence-electron chi connectivity index (χ4n) is 2.38. The van der Waals surface area contributed by atoms with E-state index in [0.29, 0.717) is 12.8 Å². The van der Waals surface area contributed by atoms with Crippen molar-refractivity contribution in [3.63, 3.8) is 0 Å². The number of rotatable bonds is 1. The van der Waals surface area contributed by atoms with Crippen LogP contribution in [-0.4, -0.2) is 5.11 Å². The second-order valence-electron chi connectivity index (χ2n) is 4.48. The van der Waals surface area contributed by atoms with E-state index >= 15 is 0 Å². The number of aromatic hydroxyl groups is 1. The predicted octanol–water partition coefficient (Wildman–Crippen LogP) is 2.79. The number of phenolic OH excluding ortho intramolecular Hbond substituents is 1. The van der Waals surface area contributed by atoms with Gasteiger partial charge in [-0.25, -0.2) is 4.39 Å². The lowest BCUT2D eigenvalue weighted by Crippen LogP contribution is -2.39. The van der Waals surface area contributed by atoms with Crippen molar-refractivity contribution in [2.45, 2.75) is 37.6 Å². The maximum Gasteiger partial charge on any atom is 0.200 e. The number of hydrogen-bond acceptors (Lipinski definition) is 2. The predicted molar refractivity (Wildman–Crippen MR) is 57.0 cm³/mol. The normalized spacial score (nSPS) is 19.7. The molecule has 0 spiro atoms. The number of phenols is 1. The summed E-state index contributed by atoms with van der Waals surface area (Å²) in [6, 6.07) is 2.55. The average molecular weight is 227 g/mol. The Morgan fingerprint density at radius 2 is 1.69 bits per heavy atom. The zero-order valence-electron chi connectivity index (χ0n) is 8.97. The first-order valence-corrected chi connectivity index (χ1v) is 5.51. The highest BCUT2D eigenvalue weighted by atomic mass is 19.2. The maximum atomic E-state index is 13.7. The molecule has 0 bridgehead atoms. The summed E-state index contributed by atoms with van der Waals surface area (Å²) in [5, 5.41) is 9.05. The van der Waals surface area contributed by atoms with E-state index in [0.717, 1.165) is 25.3 Å². The topological polar surface area (TPSA) is 46.2 Å². The van der Waals surface area contributed by atoms with Crippen LogP contribution in [0, 0.1) is 11.6 Å². The van der Waals surface area contributed by atoms with Crippen LogP contribution >= 0.6 is 0 Å². The van der Waals surface area contributed by atoms with Crippen LogP contribution in [0.1, 0.15) is 37.7 Å². The summed E-state index contributed by atoms with van der Waals surface area (Å²) >= 11 is 0. The smallest absolute Gasteiger partial charge is 0.200 e. The van der Waals surface area contributed by atoms with Crippen LogP contribution in [0.3, 0.4) is 0 Å². The van der Waals surface area contributed by atoms with Crippen LogP contribution in [0.25, 0.3) is 0 Å². The average Bonchev–Trinajstić information content (AvgIpc) is 2.27. The van der Waals surface area contributed by atoms with E-state index in [1.807, 2.05) is 0 Å². The highest BCUT2D eigenvalue weighted by molar-refractivity contribution is 5.34. The van der Waals surface area contributed by atoms with Gasteiger partial charge in [0.25, 0.3) is 0 Å². The number of nitrogens with two attached hydrogens (primary N) is 1. The molecule has 16 heavy (non-hydrogen) atoms. The highest BCUT2D eigenvalue weighted by Crippen LogP contribution is 2.37. The van der Waals surface area contributed by atoms with Crippen LogP contribution in [-0.2, 0) is 5.54 Å². The minimum absolute atomic E-state index is 0.183. The van der Waals surface area contributed by atoms with Gasteiger partial charge in [0.2, 0.25) is 5.82 Å². The highest BCUT2D eigenvalue weighted by Gasteiger charge is 2.33. The number of hydrogen-bond donors (Lipinski definition) is 2. The first-order chi connectivity index (χ1) is 7.54. The first-order valence-electron chi connectivity index (χ1n) is 5.51. The van der Waals surface area contributed by atoms with Crippen molar-refractivity contribution in [1.82, 2.24) is 0 Å². The van der Waals surface area contributed by atoms with Crippen LogP contribution in [0.2, 0.25) is 0 Å². The van der Waals surface area contributed by atoms with Crippen molar-refractivity contribution in [2.75, 3.05) is 0 Å². The van der Waals surface area contributed by atoms with Gasteiger partial charge in [-0.05, 0) is 18.9 Å². The van der Waals surface area contributed by atoms with Crippen molar-refractivity contribution in [1.29, 1.82) is 0 Å². The zero-order chi connectivity index (χ0) is 11.8. The third-order valence-corrected chi connectivity index (χ3v) is 3.34. The van der Waals surface area contributed by atoms with Gasteiger partial charge < -0.3 is 10.8 Å². The Morgan fingerprint density at radius 1 is 1.06 bits per heavy atom. The van der Waals surface area contributed by atoms with Crippen LogP contribution in [0.15, 0.2) is 12.1 Å². The fourth-order valence-corrected chi connectivity index (χ4v) is 2.38. The van der Waals surface area contributed by atoms with E-state index in [9.17, 15) is 8.78 Å². The van der Waals surface area contributed by atoms with Crippen LogP contribution in [0.4, 0.5) is 8.78 Å². The largest absolute Gasteiger partial charge is 0.505 e. The molecule has 2 rings (SSSR count). The molecule has 1 saturated carbocycles. The molecular weight excluding hydrogens is 212 g/mol. The van der Waals surface area contributed by atoms with Crippen molar-refractivity contribution in [2.24, 2.45) is 5.73 Å². The maximum absolute atomic E-state index is 13.7. The molecular formula is C12H15F2NO. The Balaban J connectivity index is 2.43. The van der Waals surface area contributed by atoms with Crippen molar-refractivity contribution >= 4 is 0 Å². The molecule has 88 valence electrons. The van der Waals surface area contributed by atoms with Gasteiger partial charge in [0.05, 0.1) is 0 Å². The Hall–Kier alpha value is -1.16. The molecule has 2 nitrogen and oxygen atoms in total. The monoisotopic (exact) mass is 227 g/mol. The molecule has 1 aliphatic carbocycles. The minimum Gasteiger partial charge on any atom is -0.505 e. The molecule has 1 aromatic rings. The molecule has 0 heterocycles. The van der Waals surface area contributed by atoms with Gasteiger partial charge >= 0.3 is 0 Å². The van der Waals surface area contributed by atoms with Gasteiger partial charge in [0.1, 0.15) is 0 Å². The summed E-state index contributed by atoms with van der Waals surface area (Å²) in [6.45, 7) is 0. The quantitative estimate of drug-likeness (QED) is 0.775. The molecule has 4 heteroatoms. The van der Waals surface area contributed by atoms with Gasteiger partial charge in [-0.1, -0.05) is 25.3 Å². The van der Waals surface area contributed by atoms with Crippen molar-refractivity contribution < 1.29 is 13.9 Å². The summed E-state index contributed by atoms with van der Waals surface area (Å²) in [5.74, 6) is -2.88. The van der Waals surface area contributed by atoms with Crippen molar-refractivity contribution in [3.8, 4) is 5.75 Å². The summed E-state index contributed by atoms with van der Waals surface area (Å²) < 4.78 is 26.9. The molecule has 0 aliphatic heterocycles. The number of halogens is 2. The molecule has 1 aliphatic rings. The molecule has 0 atom stereocenters. The van der Waals surface area contributed by atoms with Gasteiger partial charge in [-0.15, -0.1) is 0 Å². The van der Waals surface area contributed by atoms with E-state index in [2.05, 4.69) is 0 Å². The van der Waals surface area contributed by atoms with E-state index in [1.54, 1.807) is 0 Å². The first kappa shape index (κ1) is 11.3. The van der Waals surface area contributed by atoms with E-state index in [1.165, 1.54) is 6.07 Å². The Kier molecular flexibility index (Phi) is 2.84. The molecule has 3 N–H and O–H groups in total. The Bertz CT molecular complexity index is 400. The second-order valence-corrected chi connectivity index (χ2v) is 4.48. The van der Waals surface area contributed by atoms with E-state index < -0.39 is 22.9 Å². The zero-order valence-corrected chi connectivity index (χ0v) is 8.97. The lowest BCUT2D eigenvalue weighted by molar-refractivity contribution is 0.287. The molecule has 1 fully saturated rings. The third-order valence-electron chi connectivity index (χ3n) is 3.34. The minimum atomic E-state index is -1.20. The number of benzene rings is 1. The van der Waals surface area contributed by atoms with Gasteiger partial charge in [-0.2, -0.15) is 4.39 Å². The Morgan fingerprint density at radius 3 is 2.31 bits per heavy atom. The molecule has 0 aromatic heterocycles. The van der Waals surface area contributed by atoms with Crippen molar-refractivity contribution in [3.05, 3.63) is 29.3 Å². The molecule has 0 saturated heterocycles. The van der Waals surface area contributed by atoms with Crippen LogP contribution in [0.5, 0.6) is 5.75 Å². The van der Waals surface area contributed by atoms with Crippen LogP contribution < -0.4 is 5.73 Å². The fraction of sp³-hybridized carbons (Fsp3) is 0.500. The summed E-state index contributed by atoms with van der Waals surface area (Å²) in [5.41, 5.74) is 5.51. The summed E-state index contributed by atoms with van der Waals surface area (Å²) in [4.78, 5) is 0. The molecule has 0 unspecified atom stereocenters. The van der Waals surface area contributed by atoms with Gasteiger partial charge in [-0.3, -0.25) is 0 Å². The van der Waals surface area contributed by atoms with Gasteiger partial charge in [0, 0.05) is 11.1 Å². The molecule has 0 amide bonds. The summed E-state index contributed by atoms with van der Waals surface area (Å²) in [6.07, 6.45) is 4.26. The second kappa shape index (κ2) is 4.01. The molecule has 1 aromatic carbocycles. The third kappa shape index (κ3) is 1.78. The SMILES string of the molecule is NC1(c2ccc(O)c(F)c2F)CCCCC1. The van der Waals surface area contributed by atoms with E-state index in [4.69, 9.17) is 10.8 Å². The lowest BCUT2D eigenvalue weighted by Gasteiger charge is -2.34. The lowest BCUT2D eigenvalue weighted by atomic mass is 9.77. The summed E-state index contributed by atoms with van der Waals surface area (Å²) in [7, 11) is 0. The van der Waals surface area contributed by atoms with E-state index in [-0.39, 0.29) is 5.56 Å².